The van der Waals surface area contributed by atoms with Gasteiger partial charge < -0.3 is 19.7 Å². The van der Waals surface area contributed by atoms with E-state index in [1.165, 1.54) is 11.3 Å². The van der Waals surface area contributed by atoms with E-state index >= 15 is 0 Å². The normalized spacial score (nSPS) is 19.6. The van der Waals surface area contributed by atoms with Gasteiger partial charge in [0.2, 0.25) is 0 Å². The molecule has 2 fully saturated rings. The minimum absolute atomic E-state index is 0.0619. The topological polar surface area (TPSA) is 50.8 Å². The molecule has 1 spiro atoms. The van der Waals surface area contributed by atoms with Crippen molar-refractivity contribution in [3.05, 3.63) is 46.7 Å². The fourth-order valence-electron chi connectivity index (χ4n) is 3.25. The van der Waals surface area contributed by atoms with E-state index in [0.717, 1.165) is 42.2 Å². The zero-order valence-corrected chi connectivity index (χ0v) is 14.2. The lowest BCUT2D eigenvalue weighted by Gasteiger charge is -2.38. The Bertz CT molecular complexity index is 684. The van der Waals surface area contributed by atoms with Gasteiger partial charge in [-0.2, -0.15) is 0 Å². The molecule has 0 unspecified atom stereocenters. The summed E-state index contributed by atoms with van der Waals surface area (Å²) in [6, 6.07) is 11.7. The Labute approximate surface area is 145 Å². The highest BCUT2D eigenvalue weighted by Gasteiger charge is 2.39. The Kier molecular flexibility index (Phi) is 4.26. The van der Waals surface area contributed by atoms with Gasteiger partial charge in [-0.15, -0.1) is 11.3 Å². The number of ether oxygens (including phenoxy) is 2. The third-order valence-corrected chi connectivity index (χ3v) is 5.44. The Balaban J connectivity index is 1.37. The molecule has 4 rings (SSSR count). The van der Waals surface area contributed by atoms with E-state index < -0.39 is 0 Å². The van der Waals surface area contributed by atoms with Gasteiger partial charge in [-0.3, -0.25) is 4.79 Å². The summed E-state index contributed by atoms with van der Waals surface area (Å²) in [5.74, 6) is -0.404. The summed E-state index contributed by atoms with van der Waals surface area (Å²) < 4.78 is 11.5. The van der Waals surface area contributed by atoms with Crippen LogP contribution < -0.4 is 10.2 Å². The van der Waals surface area contributed by atoms with Crippen LogP contribution in [0.1, 0.15) is 22.5 Å². The van der Waals surface area contributed by atoms with Crippen LogP contribution in [0.15, 0.2) is 41.8 Å². The standard InChI is InChI=1S/C18H20N2O3S/c21-17(16-2-1-13-24-16)19-14-3-5-15(6-4-14)20-9-7-18(8-10-20)22-11-12-23-18/h1-6,13H,7-12H2,(H,19,21). The van der Waals surface area contributed by atoms with Crippen molar-refractivity contribution in [3.8, 4) is 0 Å². The summed E-state index contributed by atoms with van der Waals surface area (Å²) in [5.41, 5.74) is 1.98. The first-order valence-electron chi connectivity index (χ1n) is 8.22. The molecular formula is C18H20N2O3S. The number of nitrogens with zero attached hydrogens (tertiary/aromatic N) is 1. The van der Waals surface area contributed by atoms with Crippen molar-refractivity contribution in [3.63, 3.8) is 0 Å². The van der Waals surface area contributed by atoms with Crippen LogP contribution in [0.3, 0.4) is 0 Å². The molecule has 0 aliphatic carbocycles. The number of hydrogen-bond acceptors (Lipinski definition) is 5. The van der Waals surface area contributed by atoms with Crippen molar-refractivity contribution in [1.82, 2.24) is 0 Å². The number of rotatable bonds is 3. The van der Waals surface area contributed by atoms with Crippen molar-refractivity contribution in [2.24, 2.45) is 0 Å². The maximum Gasteiger partial charge on any atom is 0.265 e. The summed E-state index contributed by atoms with van der Waals surface area (Å²) >= 11 is 1.44. The van der Waals surface area contributed by atoms with Gasteiger partial charge in [0.15, 0.2) is 5.79 Å². The molecule has 3 heterocycles. The molecule has 5 nitrogen and oxygen atoms in total. The average Bonchev–Trinajstić information content (AvgIpc) is 3.29. The van der Waals surface area contributed by atoms with Crippen molar-refractivity contribution < 1.29 is 14.3 Å². The van der Waals surface area contributed by atoms with Crippen LogP contribution in [0.25, 0.3) is 0 Å². The number of thiophene rings is 1. The molecule has 0 bridgehead atoms. The fourth-order valence-corrected chi connectivity index (χ4v) is 3.87. The number of carbonyl (C=O) groups excluding carboxylic acids is 1. The van der Waals surface area contributed by atoms with Crippen molar-refractivity contribution in [2.45, 2.75) is 18.6 Å². The maximum atomic E-state index is 12.1. The molecule has 0 radical (unpaired) electrons. The summed E-state index contributed by atoms with van der Waals surface area (Å²) in [6.07, 6.45) is 1.79. The number of benzene rings is 1. The summed E-state index contributed by atoms with van der Waals surface area (Å²) in [4.78, 5) is 15.1. The first kappa shape index (κ1) is 15.6. The van der Waals surface area contributed by atoms with Crippen molar-refractivity contribution in [1.29, 1.82) is 0 Å². The van der Waals surface area contributed by atoms with E-state index in [1.54, 1.807) is 0 Å². The summed E-state index contributed by atoms with van der Waals surface area (Å²) in [5, 5.41) is 4.83. The molecule has 2 aliphatic heterocycles. The predicted molar refractivity (Wildman–Crippen MR) is 94.8 cm³/mol. The quantitative estimate of drug-likeness (QED) is 0.928. The lowest BCUT2D eigenvalue weighted by atomic mass is 10.0. The zero-order chi connectivity index (χ0) is 16.4. The van der Waals surface area contributed by atoms with Gasteiger partial charge in [-0.05, 0) is 35.7 Å². The first-order valence-corrected chi connectivity index (χ1v) is 9.10. The Morgan fingerprint density at radius 2 is 1.79 bits per heavy atom. The molecule has 126 valence electrons. The van der Waals surface area contributed by atoms with Gasteiger partial charge >= 0.3 is 0 Å². The molecule has 0 atom stereocenters. The molecular weight excluding hydrogens is 324 g/mol. The van der Waals surface area contributed by atoms with Crippen LogP contribution in [0, 0.1) is 0 Å². The van der Waals surface area contributed by atoms with E-state index in [4.69, 9.17) is 9.47 Å². The van der Waals surface area contributed by atoms with Crippen LogP contribution in [-0.2, 0) is 9.47 Å². The number of hydrogen-bond donors (Lipinski definition) is 1. The third-order valence-electron chi connectivity index (χ3n) is 4.57. The van der Waals surface area contributed by atoms with Crippen molar-refractivity contribution in [2.75, 3.05) is 36.5 Å². The fraction of sp³-hybridized carbons (Fsp3) is 0.389. The predicted octanol–water partition coefficient (Wildman–Crippen LogP) is 3.34. The maximum absolute atomic E-state index is 12.1. The van der Waals surface area contributed by atoms with Gasteiger partial charge in [-0.1, -0.05) is 6.07 Å². The molecule has 1 aromatic carbocycles. The molecule has 1 aromatic heterocycles. The molecule has 2 aromatic rings. The third kappa shape index (κ3) is 3.17. The van der Waals surface area contributed by atoms with E-state index in [0.29, 0.717) is 13.2 Å². The molecule has 1 N–H and O–H groups in total. The Hall–Kier alpha value is -1.89. The molecule has 24 heavy (non-hydrogen) atoms. The molecule has 1 amide bonds. The van der Waals surface area contributed by atoms with Gasteiger partial charge in [0, 0.05) is 37.3 Å². The minimum atomic E-state index is -0.342. The lowest BCUT2D eigenvalue weighted by Crippen LogP contribution is -2.45. The van der Waals surface area contributed by atoms with Gasteiger partial charge in [0.25, 0.3) is 5.91 Å². The van der Waals surface area contributed by atoms with Crippen LogP contribution in [-0.4, -0.2) is 38.0 Å². The van der Waals surface area contributed by atoms with Gasteiger partial charge in [0.05, 0.1) is 18.1 Å². The van der Waals surface area contributed by atoms with E-state index in [9.17, 15) is 4.79 Å². The number of anilines is 2. The number of amides is 1. The second kappa shape index (κ2) is 6.55. The van der Waals surface area contributed by atoms with Crippen LogP contribution in [0.2, 0.25) is 0 Å². The van der Waals surface area contributed by atoms with E-state index in [2.05, 4.69) is 22.3 Å². The highest BCUT2D eigenvalue weighted by Crippen LogP contribution is 2.33. The Morgan fingerprint density at radius 3 is 2.42 bits per heavy atom. The Morgan fingerprint density at radius 1 is 1.08 bits per heavy atom. The lowest BCUT2D eigenvalue weighted by molar-refractivity contribution is -0.169. The van der Waals surface area contributed by atoms with E-state index in [-0.39, 0.29) is 11.7 Å². The van der Waals surface area contributed by atoms with Crippen LogP contribution in [0.5, 0.6) is 0 Å². The SMILES string of the molecule is O=C(Nc1ccc(N2CCC3(CC2)OCCO3)cc1)c1cccs1. The average molecular weight is 344 g/mol. The molecule has 6 heteroatoms. The summed E-state index contributed by atoms with van der Waals surface area (Å²) in [6.45, 7) is 3.25. The smallest absolute Gasteiger partial charge is 0.265 e. The number of piperidine rings is 1. The second-order valence-electron chi connectivity index (χ2n) is 6.07. The zero-order valence-electron chi connectivity index (χ0n) is 13.4. The minimum Gasteiger partial charge on any atom is -0.371 e. The molecule has 2 aliphatic rings. The summed E-state index contributed by atoms with van der Waals surface area (Å²) in [7, 11) is 0. The molecule has 2 saturated heterocycles. The highest BCUT2D eigenvalue weighted by molar-refractivity contribution is 7.12. The first-order chi connectivity index (χ1) is 11.7. The number of nitrogens with one attached hydrogen (secondary N) is 1. The van der Waals surface area contributed by atoms with Crippen LogP contribution in [0.4, 0.5) is 11.4 Å². The highest BCUT2D eigenvalue weighted by atomic mass is 32.1. The monoisotopic (exact) mass is 344 g/mol. The molecule has 0 saturated carbocycles. The number of carbonyl (C=O) groups is 1. The van der Waals surface area contributed by atoms with E-state index in [1.807, 2.05) is 29.6 Å². The van der Waals surface area contributed by atoms with Crippen molar-refractivity contribution >= 4 is 28.6 Å². The van der Waals surface area contributed by atoms with Gasteiger partial charge in [0.1, 0.15) is 0 Å². The van der Waals surface area contributed by atoms with Crippen LogP contribution >= 0.6 is 11.3 Å². The van der Waals surface area contributed by atoms with Gasteiger partial charge in [-0.25, -0.2) is 0 Å². The second-order valence-corrected chi connectivity index (χ2v) is 7.02. The largest absolute Gasteiger partial charge is 0.371 e.